The van der Waals surface area contributed by atoms with E-state index in [1.807, 2.05) is 42.5 Å². The first-order valence-corrected chi connectivity index (χ1v) is 6.36. The summed E-state index contributed by atoms with van der Waals surface area (Å²) in [6.07, 6.45) is 0. The van der Waals surface area contributed by atoms with Gasteiger partial charge in [-0.2, -0.15) is 0 Å². The molecule has 0 aromatic heterocycles. The van der Waals surface area contributed by atoms with E-state index in [9.17, 15) is 0 Å². The Labute approximate surface area is 110 Å². The molecular formula is C14H15BrN2. The molecule has 2 aromatic carbocycles. The molecule has 0 fully saturated rings. The molecule has 2 aromatic rings. The molecule has 88 valence electrons. The first-order chi connectivity index (χ1) is 8.31. The molecule has 2 rings (SSSR count). The Bertz CT molecular complexity index is 471. The zero-order valence-corrected chi connectivity index (χ0v) is 11.0. The highest BCUT2D eigenvalue weighted by Gasteiger charge is 2.09. The third kappa shape index (κ3) is 3.08. The largest absolute Gasteiger partial charge is 0.376 e. The molecule has 1 atom stereocenters. The molecule has 17 heavy (non-hydrogen) atoms. The van der Waals surface area contributed by atoms with Crippen LogP contribution in [-0.4, -0.2) is 6.54 Å². The van der Waals surface area contributed by atoms with E-state index in [2.05, 4.69) is 33.4 Å². The van der Waals surface area contributed by atoms with Gasteiger partial charge in [-0.05, 0) is 33.6 Å². The molecule has 3 N–H and O–H groups in total. The second kappa shape index (κ2) is 5.84. The van der Waals surface area contributed by atoms with Crippen molar-refractivity contribution < 1.29 is 0 Å². The lowest BCUT2D eigenvalue weighted by Crippen LogP contribution is -2.20. The molecule has 0 aliphatic rings. The van der Waals surface area contributed by atoms with E-state index >= 15 is 0 Å². The maximum absolute atomic E-state index is 5.82. The van der Waals surface area contributed by atoms with Crippen LogP contribution in [0.3, 0.4) is 0 Å². The van der Waals surface area contributed by atoms with E-state index in [1.54, 1.807) is 0 Å². The minimum Gasteiger partial charge on any atom is -0.376 e. The maximum atomic E-state index is 5.82. The summed E-state index contributed by atoms with van der Waals surface area (Å²) in [5.41, 5.74) is 8.09. The van der Waals surface area contributed by atoms with Gasteiger partial charge in [-0.25, -0.2) is 0 Å². The van der Waals surface area contributed by atoms with Crippen LogP contribution < -0.4 is 11.1 Å². The van der Waals surface area contributed by atoms with Crippen LogP contribution in [0.25, 0.3) is 0 Å². The lowest BCUT2D eigenvalue weighted by atomic mass is 10.1. The first-order valence-electron chi connectivity index (χ1n) is 5.57. The topological polar surface area (TPSA) is 38.0 Å². The van der Waals surface area contributed by atoms with Crippen molar-refractivity contribution in [1.29, 1.82) is 0 Å². The van der Waals surface area contributed by atoms with Crippen molar-refractivity contribution in [2.45, 2.75) is 6.04 Å². The number of hydrogen-bond acceptors (Lipinski definition) is 2. The lowest BCUT2D eigenvalue weighted by Gasteiger charge is -2.19. The fourth-order valence-corrected chi connectivity index (χ4v) is 2.13. The van der Waals surface area contributed by atoms with Gasteiger partial charge in [0.25, 0.3) is 0 Å². The number of benzene rings is 2. The monoisotopic (exact) mass is 290 g/mol. The third-order valence-electron chi connectivity index (χ3n) is 2.64. The summed E-state index contributed by atoms with van der Waals surface area (Å²) in [6.45, 7) is 0.561. The second-order valence-electron chi connectivity index (χ2n) is 3.82. The molecule has 3 heteroatoms. The van der Waals surface area contributed by atoms with Crippen LogP contribution in [0.1, 0.15) is 11.6 Å². The first kappa shape index (κ1) is 12.1. The fraction of sp³-hybridized carbons (Fsp3) is 0.143. The lowest BCUT2D eigenvalue weighted by molar-refractivity contribution is 0.789. The number of nitrogens with one attached hydrogen (secondary N) is 1. The molecule has 2 nitrogen and oxygen atoms in total. The van der Waals surface area contributed by atoms with Crippen LogP contribution in [0.15, 0.2) is 59.1 Å². The Morgan fingerprint density at radius 3 is 2.29 bits per heavy atom. The molecule has 0 aliphatic heterocycles. The van der Waals surface area contributed by atoms with Crippen LogP contribution >= 0.6 is 15.9 Å². The van der Waals surface area contributed by atoms with Gasteiger partial charge in [-0.1, -0.05) is 42.5 Å². The Balaban J connectivity index is 2.19. The minimum atomic E-state index is 0.134. The molecule has 1 unspecified atom stereocenters. The maximum Gasteiger partial charge on any atom is 0.0636 e. The van der Waals surface area contributed by atoms with E-state index < -0.39 is 0 Å². The SMILES string of the molecule is NCC(Nc1ccccc1Br)c1ccccc1. The van der Waals surface area contributed by atoms with E-state index in [0.29, 0.717) is 6.54 Å². The van der Waals surface area contributed by atoms with Gasteiger partial charge in [0.1, 0.15) is 0 Å². The Kier molecular flexibility index (Phi) is 4.18. The Hall–Kier alpha value is -1.32. The number of hydrogen-bond donors (Lipinski definition) is 2. The van der Waals surface area contributed by atoms with Gasteiger partial charge in [-0.3, -0.25) is 0 Å². The number of rotatable bonds is 4. The molecule has 0 radical (unpaired) electrons. The van der Waals surface area contributed by atoms with Crippen LogP contribution in [0, 0.1) is 0 Å². The van der Waals surface area contributed by atoms with Crippen LogP contribution in [-0.2, 0) is 0 Å². The Morgan fingerprint density at radius 2 is 1.65 bits per heavy atom. The smallest absolute Gasteiger partial charge is 0.0636 e. The van der Waals surface area contributed by atoms with Crippen molar-refractivity contribution >= 4 is 21.6 Å². The quantitative estimate of drug-likeness (QED) is 0.904. The zero-order valence-electron chi connectivity index (χ0n) is 9.44. The number of anilines is 1. The summed E-state index contributed by atoms with van der Waals surface area (Å²) in [6, 6.07) is 18.4. The van der Waals surface area contributed by atoms with Gasteiger partial charge in [0.2, 0.25) is 0 Å². The van der Waals surface area contributed by atoms with Crippen molar-refractivity contribution in [3.63, 3.8) is 0 Å². The molecule has 0 saturated heterocycles. The Morgan fingerprint density at radius 1 is 1.00 bits per heavy atom. The normalized spacial score (nSPS) is 12.1. The molecule has 0 spiro atoms. The molecule has 0 bridgehead atoms. The summed E-state index contributed by atoms with van der Waals surface area (Å²) >= 11 is 3.52. The highest BCUT2D eigenvalue weighted by molar-refractivity contribution is 9.10. The van der Waals surface area contributed by atoms with Crippen molar-refractivity contribution in [3.05, 3.63) is 64.6 Å². The second-order valence-corrected chi connectivity index (χ2v) is 4.68. The predicted octanol–water partition coefficient (Wildman–Crippen LogP) is 3.56. The predicted molar refractivity (Wildman–Crippen MR) is 76.0 cm³/mol. The van der Waals surface area contributed by atoms with E-state index in [0.717, 1.165) is 10.2 Å². The summed E-state index contributed by atoms with van der Waals surface area (Å²) < 4.78 is 1.05. The van der Waals surface area contributed by atoms with E-state index in [1.165, 1.54) is 5.56 Å². The van der Waals surface area contributed by atoms with Gasteiger partial charge >= 0.3 is 0 Å². The van der Waals surface area contributed by atoms with Gasteiger partial charge in [0.05, 0.1) is 6.04 Å². The van der Waals surface area contributed by atoms with Crippen molar-refractivity contribution in [1.82, 2.24) is 0 Å². The summed E-state index contributed by atoms with van der Waals surface area (Å²) in [7, 11) is 0. The van der Waals surface area contributed by atoms with Gasteiger partial charge in [0, 0.05) is 16.7 Å². The van der Waals surface area contributed by atoms with E-state index in [-0.39, 0.29) is 6.04 Å². The fourth-order valence-electron chi connectivity index (χ4n) is 1.73. The van der Waals surface area contributed by atoms with E-state index in [4.69, 9.17) is 5.73 Å². The summed E-state index contributed by atoms with van der Waals surface area (Å²) in [5.74, 6) is 0. The average Bonchev–Trinajstić information content (AvgIpc) is 2.39. The zero-order chi connectivity index (χ0) is 12.1. The van der Waals surface area contributed by atoms with Crippen LogP contribution in [0.4, 0.5) is 5.69 Å². The molecule has 0 saturated carbocycles. The van der Waals surface area contributed by atoms with Crippen molar-refractivity contribution in [2.24, 2.45) is 5.73 Å². The summed E-state index contributed by atoms with van der Waals surface area (Å²) in [5, 5.41) is 3.44. The highest BCUT2D eigenvalue weighted by Crippen LogP contribution is 2.25. The highest BCUT2D eigenvalue weighted by atomic mass is 79.9. The summed E-state index contributed by atoms with van der Waals surface area (Å²) in [4.78, 5) is 0. The number of para-hydroxylation sites is 1. The van der Waals surface area contributed by atoms with Crippen LogP contribution in [0.2, 0.25) is 0 Å². The molecule has 0 amide bonds. The van der Waals surface area contributed by atoms with Crippen molar-refractivity contribution in [3.8, 4) is 0 Å². The van der Waals surface area contributed by atoms with Crippen LogP contribution in [0.5, 0.6) is 0 Å². The minimum absolute atomic E-state index is 0.134. The van der Waals surface area contributed by atoms with Crippen molar-refractivity contribution in [2.75, 3.05) is 11.9 Å². The average molecular weight is 291 g/mol. The standard InChI is InChI=1S/C14H15BrN2/c15-12-8-4-5-9-13(12)17-14(10-16)11-6-2-1-3-7-11/h1-9,14,17H,10,16H2. The third-order valence-corrected chi connectivity index (χ3v) is 3.33. The molecule has 0 aliphatic carbocycles. The molecule has 0 heterocycles. The number of halogens is 1. The van der Waals surface area contributed by atoms with Gasteiger partial charge < -0.3 is 11.1 Å². The number of nitrogens with two attached hydrogens (primary N) is 1. The van der Waals surface area contributed by atoms with Gasteiger partial charge in [0.15, 0.2) is 0 Å². The van der Waals surface area contributed by atoms with Gasteiger partial charge in [-0.15, -0.1) is 0 Å². The molecular weight excluding hydrogens is 276 g/mol.